The van der Waals surface area contributed by atoms with Crippen LogP contribution in [0.5, 0.6) is 0 Å². The van der Waals surface area contributed by atoms with Crippen LogP contribution in [-0.2, 0) is 6.54 Å². The Morgan fingerprint density at radius 1 is 1.39 bits per heavy atom. The monoisotopic (exact) mass is 336 g/mol. The minimum Gasteiger partial charge on any atom is -0.356 e. The molecule has 2 rings (SSSR count). The highest BCUT2D eigenvalue weighted by atomic mass is 35.5. The van der Waals surface area contributed by atoms with E-state index in [1.54, 1.807) is 0 Å². The fourth-order valence-electron chi connectivity index (χ4n) is 3.11. The normalized spacial score (nSPS) is 17.3. The van der Waals surface area contributed by atoms with E-state index in [0.29, 0.717) is 0 Å². The Labute approximate surface area is 145 Å². The summed E-state index contributed by atoms with van der Waals surface area (Å²) in [6, 6.07) is 7.99. The number of likely N-dealkylation sites (tertiary alicyclic amines) is 1. The lowest BCUT2D eigenvalue weighted by Crippen LogP contribution is -2.40. The first-order valence-electron chi connectivity index (χ1n) is 8.43. The van der Waals surface area contributed by atoms with Gasteiger partial charge in [-0.25, -0.2) is 0 Å². The molecule has 1 aromatic rings. The number of hydrogen-bond donors (Lipinski definition) is 1. The van der Waals surface area contributed by atoms with Crippen LogP contribution >= 0.6 is 11.6 Å². The fourth-order valence-corrected chi connectivity index (χ4v) is 3.32. The third-order valence-corrected chi connectivity index (χ3v) is 4.79. The topological polar surface area (TPSA) is 30.9 Å². The first-order valence-corrected chi connectivity index (χ1v) is 8.81. The number of nitrogens with zero attached hydrogens (tertiary/aromatic N) is 3. The van der Waals surface area contributed by atoms with Crippen LogP contribution in [0.15, 0.2) is 29.3 Å². The number of halogens is 1. The maximum Gasteiger partial charge on any atom is 0.193 e. The predicted molar refractivity (Wildman–Crippen MR) is 99.1 cm³/mol. The van der Waals surface area contributed by atoms with E-state index in [9.17, 15) is 0 Å². The summed E-state index contributed by atoms with van der Waals surface area (Å²) in [6.45, 7) is 4.25. The van der Waals surface area contributed by atoms with Crippen LogP contribution in [0.2, 0.25) is 5.02 Å². The molecule has 0 aromatic heterocycles. The number of piperidine rings is 1. The van der Waals surface area contributed by atoms with Crippen molar-refractivity contribution in [1.82, 2.24) is 15.1 Å². The average molecular weight is 337 g/mol. The van der Waals surface area contributed by atoms with Crippen molar-refractivity contribution in [3.05, 3.63) is 34.9 Å². The summed E-state index contributed by atoms with van der Waals surface area (Å²) in [6.07, 6.45) is 3.85. The third-order valence-electron chi connectivity index (χ3n) is 4.56. The summed E-state index contributed by atoms with van der Waals surface area (Å²) in [5, 5.41) is 4.27. The van der Waals surface area contributed by atoms with E-state index < -0.39 is 0 Å². The van der Waals surface area contributed by atoms with Gasteiger partial charge in [0.15, 0.2) is 5.96 Å². The van der Waals surface area contributed by atoms with Crippen LogP contribution in [0.3, 0.4) is 0 Å². The Morgan fingerprint density at radius 3 is 2.78 bits per heavy atom. The van der Waals surface area contributed by atoms with Crippen molar-refractivity contribution < 1.29 is 0 Å². The van der Waals surface area contributed by atoms with E-state index in [1.165, 1.54) is 37.9 Å². The van der Waals surface area contributed by atoms with Crippen LogP contribution in [0, 0.1) is 5.92 Å². The molecule has 1 aromatic carbocycles. The van der Waals surface area contributed by atoms with Crippen molar-refractivity contribution in [2.45, 2.75) is 25.8 Å². The quantitative estimate of drug-likeness (QED) is 0.662. The van der Waals surface area contributed by atoms with Gasteiger partial charge in [0.05, 0.1) is 0 Å². The molecule has 1 fully saturated rings. The van der Waals surface area contributed by atoms with Crippen molar-refractivity contribution >= 4 is 17.6 Å². The Balaban J connectivity index is 1.76. The highest BCUT2D eigenvalue weighted by Gasteiger charge is 2.16. The molecule has 1 aliphatic rings. The van der Waals surface area contributed by atoms with Crippen molar-refractivity contribution in [3.63, 3.8) is 0 Å². The molecule has 23 heavy (non-hydrogen) atoms. The average Bonchev–Trinajstić information content (AvgIpc) is 2.53. The van der Waals surface area contributed by atoms with Crippen molar-refractivity contribution in [1.29, 1.82) is 0 Å². The Bertz CT molecular complexity index is 509. The van der Waals surface area contributed by atoms with Gasteiger partial charge in [0, 0.05) is 32.2 Å². The second-order valence-corrected chi connectivity index (χ2v) is 6.93. The number of rotatable bonds is 5. The van der Waals surface area contributed by atoms with Crippen LogP contribution in [0.1, 0.15) is 24.8 Å². The molecule has 1 aliphatic heterocycles. The van der Waals surface area contributed by atoms with E-state index in [1.807, 2.05) is 25.2 Å². The molecule has 4 nitrogen and oxygen atoms in total. The van der Waals surface area contributed by atoms with Gasteiger partial charge in [0.25, 0.3) is 0 Å². The molecule has 0 unspecified atom stereocenters. The van der Waals surface area contributed by atoms with Crippen molar-refractivity contribution in [2.75, 3.05) is 40.8 Å². The zero-order valence-corrected chi connectivity index (χ0v) is 15.3. The molecule has 1 N–H and O–H groups in total. The molecule has 0 atom stereocenters. The van der Waals surface area contributed by atoms with Gasteiger partial charge in [0.1, 0.15) is 0 Å². The number of aliphatic imine (C=N–C) groups is 1. The van der Waals surface area contributed by atoms with Crippen LogP contribution in [0.25, 0.3) is 0 Å². The summed E-state index contributed by atoms with van der Waals surface area (Å²) in [4.78, 5) is 8.95. The van der Waals surface area contributed by atoms with Gasteiger partial charge in [-0.2, -0.15) is 0 Å². The van der Waals surface area contributed by atoms with Gasteiger partial charge in [0.2, 0.25) is 0 Å². The van der Waals surface area contributed by atoms with Gasteiger partial charge < -0.3 is 15.1 Å². The van der Waals surface area contributed by atoms with E-state index in [2.05, 4.69) is 40.3 Å². The first kappa shape index (κ1) is 18.1. The minimum absolute atomic E-state index is 0.779. The summed E-state index contributed by atoms with van der Waals surface area (Å²) in [5.74, 6) is 1.79. The van der Waals surface area contributed by atoms with Gasteiger partial charge in [-0.3, -0.25) is 4.99 Å². The fraction of sp³-hybridized carbons (Fsp3) is 0.611. The molecule has 0 amide bonds. The lowest BCUT2D eigenvalue weighted by atomic mass is 9.94. The highest BCUT2D eigenvalue weighted by molar-refractivity contribution is 6.30. The molecule has 1 heterocycles. The van der Waals surface area contributed by atoms with Crippen molar-refractivity contribution in [2.24, 2.45) is 10.9 Å². The van der Waals surface area contributed by atoms with Gasteiger partial charge in [-0.1, -0.05) is 23.7 Å². The van der Waals surface area contributed by atoms with Crippen LogP contribution < -0.4 is 5.32 Å². The lowest BCUT2D eigenvalue weighted by molar-refractivity contribution is 0.212. The Kier molecular flexibility index (Phi) is 7.18. The van der Waals surface area contributed by atoms with Crippen LogP contribution in [0.4, 0.5) is 0 Å². The summed E-state index contributed by atoms with van der Waals surface area (Å²) in [7, 11) is 6.11. The zero-order chi connectivity index (χ0) is 16.7. The SMILES string of the molecule is CN=C(NCCC1CCN(C)CC1)N(C)Cc1cccc(Cl)c1. The third kappa shape index (κ3) is 6.04. The number of nitrogens with one attached hydrogen (secondary N) is 1. The number of hydrogen-bond acceptors (Lipinski definition) is 2. The van der Waals surface area contributed by atoms with E-state index in [-0.39, 0.29) is 0 Å². The molecule has 0 saturated carbocycles. The summed E-state index contributed by atoms with van der Waals surface area (Å²) < 4.78 is 0. The van der Waals surface area contributed by atoms with E-state index in [0.717, 1.165) is 30.0 Å². The standard InChI is InChI=1S/C18H29ClN4/c1-20-18(21-10-7-15-8-11-22(2)12-9-15)23(3)14-16-5-4-6-17(19)13-16/h4-6,13,15H,7-12,14H2,1-3H3,(H,20,21). The molecule has 0 spiro atoms. The van der Waals surface area contributed by atoms with E-state index >= 15 is 0 Å². The van der Waals surface area contributed by atoms with Gasteiger partial charge in [-0.15, -0.1) is 0 Å². The smallest absolute Gasteiger partial charge is 0.193 e. The van der Waals surface area contributed by atoms with Crippen molar-refractivity contribution in [3.8, 4) is 0 Å². The molecule has 0 radical (unpaired) electrons. The molecule has 0 bridgehead atoms. The van der Waals surface area contributed by atoms with E-state index in [4.69, 9.17) is 11.6 Å². The highest BCUT2D eigenvalue weighted by Crippen LogP contribution is 2.18. The zero-order valence-electron chi connectivity index (χ0n) is 14.6. The first-order chi connectivity index (χ1) is 11.1. The number of benzene rings is 1. The Hall–Kier alpha value is -1.26. The maximum atomic E-state index is 6.05. The largest absolute Gasteiger partial charge is 0.356 e. The predicted octanol–water partition coefficient (Wildman–Crippen LogP) is 3.08. The van der Waals surface area contributed by atoms with Gasteiger partial charge >= 0.3 is 0 Å². The van der Waals surface area contributed by atoms with Gasteiger partial charge in [-0.05, 0) is 63.0 Å². The maximum absolute atomic E-state index is 6.05. The molecule has 0 aliphatic carbocycles. The second kappa shape index (κ2) is 9.14. The lowest BCUT2D eigenvalue weighted by Gasteiger charge is -2.29. The Morgan fingerprint density at radius 2 is 2.13 bits per heavy atom. The molecule has 128 valence electrons. The minimum atomic E-state index is 0.779. The van der Waals surface area contributed by atoms with Crippen LogP contribution in [-0.4, -0.2) is 56.5 Å². The molecular formula is C18H29ClN4. The molecule has 5 heteroatoms. The summed E-state index contributed by atoms with van der Waals surface area (Å²) in [5.41, 5.74) is 1.19. The summed E-state index contributed by atoms with van der Waals surface area (Å²) >= 11 is 6.05. The molecule has 1 saturated heterocycles. The molecular weight excluding hydrogens is 308 g/mol. The number of guanidine groups is 1. The second-order valence-electron chi connectivity index (χ2n) is 6.50.